The number of carbonyl (C=O) groups excluding carboxylic acids is 1. The van der Waals surface area contributed by atoms with Gasteiger partial charge in [0.25, 0.3) is 0 Å². The Hall–Kier alpha value is -1.91. The fraction of sp³-hybridized carbons (Fsp3) is 0.133. The number of carbonyl (C=O) groups is 1. The molecule has 0 aliphatic carbocycles. The molecule has 3 rings (SSSR count). The van der Waals surface area contributed by atoms with Gasteiger partial charge in [-0.2, -0.15) is 0 Å². The molecule has 0 radical (unpaired) electrons. The summed E-state index contributed by atoms with van der Waals surface area (Å²) in [5, 5.41) is 0. The Morgan fingerprint density at radius 2 is 1.58 bits per heavy atom. The number of benzene rings is 2. The molecule has 128 valence electrons. The predicted molar refractivity (Wildman–Crippen MR) is 81.5 cm³/mol. The molecule has 9 heteroatoms. The molecular weight excluding hydrogens is 450 g/mol. The first-order chi connectivity index (χ1) is 11.2. The molecule has 3 nitrogen and oxygen atoms in total. The summed E-state index contributed by atoms with van der Waals surface area (Å²) in [6.45, 7) is 0. The number of hydrogen-bond acceptors (Lipinski definition) is 3. The van der Waals surface area contributed by atoms with Crippen LogP contribution < -0.4 is 4.74 Å². The van der Waals surface area contributed by atoms with Gasteiger partial charge in [-0.3, -0.25) is 0 Å². The average Bonchev–Trinajstić information content (AvgIpc) is 2.87. The molecule has 24 heavy (non-hydrogen) atoms. The van der Waals surface area contributed by atoms with Gasteiger partial charge in [0.1, 0.15) is 0 Å². The zero-order valence-corrected chi connectivity index (χ0v) is 13.8. The molecule has 2 aromatic carbocycles. The molecule has 0 N–H and O–H groups in total. The first-order valence-corrected chi connectivity index (χ1v) is 9.48. The second kappa shape index (κ2) is 5.87. The molecule has 1 aliphatic rings. The Kier molecular flexibility index (Phi) is 4.14. The van der Waals surface area contributed by atoms with Crippen molar-refractivity contribution in [2.24, 2.45) is 0 Å². The quantitative estimate of drug-likeness (QED) is 0.374. The molecule has 1 aliphatic heterocycles. The first kappa shape index (κ1) is 16.9. The van der Waals surface area contributed by atoms with Crippen LogP contribution in [-0.4, -0.2) is 16.0 Å². The maximum atomic E-state index is 14.4. The van der Waals surface area contributed by atoms with E-state index in [9.17, 15) is 26.7 Å². The summed E-state index contributed by atoms with van der Waals surface area (Å²) in [4.78, 5) is 11.6. The van der Waals surface area contributed by atoms with E-state index in [0.717, 1.165) is 24.3 Å². The van der Waals surface area contributed by atoms with Gasteiger partial charge in [-0.15, -0.1) is 0 Å². The summed E-state index contributed by atoms with van der Waals surface area (Å²) in [6.07, 6.45) is -4.92. The predicted octanol–water partition coefficient (Wildman–Crippen LogP) is 4.85. The Bertz CT molecular complexity index is 779. The average molecular weight is 458 g/mol. The topological polar surface area (TPSA) is 35.5 Å². The van der Waals surface area contributed by atoms with Gasteiger partial charge in [0.15, 0.2) is 0 Å². The fourth-order valence-corrected chi connectivity index (χ4v) is 5.94. The number of alkyl halides is 5. The van der Waals surface area contributed by atoms with E-state index in [1.807, 2.05) is 0 Å². The SMILES string of the molecule is O=C1OI(C(F)(F)C(F)(F)Oc2ccc(F)cc2)c2ccccc21. The molecule has 1 heterocycles. The van der Waals surface area contributed by atoms with Crippen molar-refractivity contribution in [2.45, 2.75) is 10.0 Å². The molecule has 0 aromatic heterocycles. The summed E-state index contributed by atoms with van der Waals surface area (Å²) >= 11 is -4.37. The molecule has 0 bridgehead atoms. The maximum absolute atomic E-state index is 14.4. The van der Waals surface area contributed by atoms with E-state index >= 15 is 0 Å². The van der Waals surface area contributed by atoms with E-state index in [1.165, 1.54) is 24.3 Å². The molecule has 2 aromatic rings. The summed E-state index contributed by atoms with van der Waals surface area (Å²) in [6, 6.07) is 8.40. The van der Waals surface area contributed by atoms with Crippen LogP contribution in [0.1, 0.15) is 10.4 Å². The van der Waals surface area contributed by atoms with Gasteiger partial charge in [0, 0.05) is 0 Å². The Morgan fingerprint density at radius 3 is 2.25 bits per heavy atom. The fourth-order valence-electron chi connectivity index (χ4n) is 1.91. The molecule has 0 atom stereocenters. The van der Waals surface area contributed by atoms with E-state index < -0.39 is 47.8 Å². The van der Waals surface area contributed by atoms with E-state index in [-0.39, 0.29) is 9.13 Å². The summed E-state index contributed by atoms with van der Waals surface area (Å²) < 4.78 is 73.4. The monoisotopic (exact) mass is 458 g/mol. The molecule has 0 amide bonds. The van der Waals surface area contributed by atoms with Crippen molar-refractivity contribution in [1.29, 1.82) is 0 Å². The molecule has 0 saturated carbocycles. The van der Waals surface area contributed by atoms with Crippen LogP contribution in [0.2, 0.25) is 0 Å². The van der Waals surface area contributed by atoms with Gasteiger partial charge < -0.3 is 0 Å². The van der Waals surface area contributed by atoms with Crippen LogP contribution in [0.3, 0.4) is 0 Å². The van der Waals surface area contributed by atoms with Crippen LogP contribution in [0.15, 0.2) is 48.5 Å². The zero-order valence-electron chi connectivity index (χ0n) is 11.6. The third kappa shape index (κ3) is 2.80. The minimum absolute atomic E-state index is 0.139. The van der Waals surface area contributed by atoms with Gasteiger partial charge >= 0.3 is 140 Å². The van der Waals surface area contributed by atoms with Crippen molar-refractivity contribution in [2.75, 3.05) is 0 Å². The van der Waals surface area contributed by atoms with E-state index in [2.05, 4.69) is 7.80 Å². The Balaban J connectivity index is 1.91. The molecular formula is C15H8F5IO3. The second-order valence-electron chi connectivity index (χ2n) is 4.66. The van der Waals surface area contributed by atoms with Gasteiger partial charge in [0.05, 0.1) is 0 Å². The van der Waals surface area contributed by atoms with Crippen LogP contribution >= 0.6 is 20.2 Å². The second-order valence-corrected chi connectivity index (χ2v) is 9.04. The molecule has 0 unspecified atom stereocenters. The Labute approximate surface area is 140 Å². The third-order valence-electron chi connectivity index (χ3n) is 3.03. The number of fused-ring (bicyclic) bond motifs is 1. The van der Waals surface area contributed by atoms with Crippen LogP contribution in [0, 0.1) is 9.39 Å². The zero-order chi connectivity index (χ0) is 17.5. The van der Waals surface area contributed by atoms with Gasteiger partial charge in [-0.05, 0) is 0 Å². The summed E-state index contributed by atoms with van der Waals surface area (Å²) in [7, 11) is 0. The third-order valence-corrected chi connectivity index (χ3v) is 7.73. The summed E-state index contributed by atoms with van der Waals surface area (Å²) in [5.74, 6) is -2.41. The van der Waals surface area contributed by atoms with Crippen molar-refractivity contribution in [1.82, 2.24) is 0 Å². The van der Waals surface area contributed by atoms with Gasteiger partial charge in [-0.25, -0.2) is 0 Å². The van der Waals surface area contributed by atoms with Crippen molar-refractivity contribution < 1.29 is 34.5 Å². The first-order valence-electron chi connectivity index (χ1n) is 6.44. The van der Waals surface area contributed by atoms with Crippen molar-refractivity contribution >= 4 is 26.2 Å². The number of rotatable bonds is 4. The minimum atomic E-state index is -4.92. The van der Waals surface area contributed by atoms with Crippen molar-refractivity contribution in [3.63, 3.8) is 0 Å². The van der Waals surface area contributed by atoms with Gasteiger partial charge in [-0.1, -0.05) is 0 Å². The number of halogens is 6. The van der Waals surface area contributed by atoms with Crippen molar-refractivity contribution in [3.05, 3.63) is 63.5 Å². The van der Waals surface area contributed by atoms with Crippen LogP contribution in [0.4, 0.5) is 22.0 Å². The van der Waals surface area contributed by atoms with Crippen LogP contribution in [0.25, 0.3) is 0 Å². The van der Waals surface area contributed by atoms with Crippen molar-refractivity contribution in [3.8, 4) is 5.75 Å². The van der Waals surface area contributed by atoms with Crippen LogP contribution in [-0.2, 0) is 3.07 Å². The van der Waals surface area contributed by atoms with Gasteiger partial charge in [0.2, 0.25) is 0 Å². The molecule has 0 fully saturated rings. The molecule has 0 spiro atoms. The number of ether oxygens (including phenoxy) is 1. The Morgan fingerprint density at radius 1 is 0.958 bits per heavy atom. The van der Waals surface area contributed by atoms with E-state index in [4.69, 9.17) is 0 Å². The normalized spacial score (nSPS) is 15.9. The van der Waals surface area contributed by atoms with Crippen LogP contribution in [0.5, 0.6) is 5.75 Å². The molecule has 0 saturated heterocycles. The number of hydrogen-bond donors (Lipinski definition) is 0. The van der Waals surface area contributed by atoms with E-state index in [1.54, 1.807) is 0 Å². The standard InChI is InChI=1S/C15H8F5IO3/c16-9-5-7-10(8-6-9)23-15(19,20)14(17,18)21-12-4-2-1-3-11(12)13(22)24-21/h1-8H. The van der Waals surface area contributed by atoms with E-state index in [0.29, 0.717) is 0 Å². The summed E-state index contributed by atoms with van der Waals surface area (Å²) in [5.41, 5.74) is -0.139.